The Kier molecular flexibility index (Phi) is 14.2. The van der Waals surface area contributed by atoms with Gasteiger partial charge in [0, 0.05) is 71.1 Å². The van der Waals surface area contributed by atoms with Gasteiger partial charge in [0.25, 0.3) is 0 Å². The van der Waals surface area contributed by atoms with Gasteiger partial charge in [0.15, 0.2) is 8.32 Å². The fourth-order valence-corrected chi connectivity index (χ4v) is 15.3. The van der Waals surface area contributed by atoms with Gasteiger partial charge in [-0.1, -0.05) is 59.2 Å². The van der Waals surface area contributed by atoms with Gasteiger partial charge >= 0.3 is 5.97 Å². The lowest BCUT2D eigenvalue weighted by Gasteiger charge is -2.42. The second-order valence-corrected chi connectivity index (χ2v) is 23.0. The molecule has 14 heteroatoms. The molecule has 6 rings (SSSR count). The van der Waals surface area contributed by atoms with Crippen LogP contribution in [0.3, 0.4) is 0 Å². The van der Waals surface area contributed by atoms with Crippen molar-refractivity contribution in [1.29, 1.82) is 0 Å². The zero-order valence-corrected chi connectivity index (χ0v) is 39.2. The van der Waals surface area contributed by atoms with Crippen molar-refractivity contribution in [3.63, 3.8) is 0 Å². The van der Waals surface area contributed by atoms with Gasteiger partial charge in [0.2, 0.25) is 0 Å². The van der Waals surface area contributed by atoms with E-state index in [4.69, 9.17) is 35.7 Å². The lowest BCUT2D eigenvalue weighted by Crippen LogP contribution is -2.48. The molecule has 0 saturated heterocycles. The number of phenolic OH excluding ortho intramolecular Hbond substituents is 1. The van der Waals surface area contributed by atoms with E-state index in [2.05, 4.69) is 41.5 Å². The van der Waals surface area contributed by atoms with Crippen molar-refractivity contribution in [2.75, 3.05) is 20.3 Å². The highest BCUT2D eigenvalue weighted by atomic mass is 35.5. The normalized spacial score (nSPS) is 12.9. The summed E-state index contributed by atoms with van der Waals surface area (Å²) in [5.74, 6) is -0.692. The minimum Gasteiger partial charge on any atom is -0.507 e. The number of hydrogen-bond donors (Lipinski definition) is 2. The summed E-state index contributed by atoms with van der Waals surface area (Å²) in [6.07, 6.45) is 1.07. The van der Waals surface area contributed by atoms with Gasteiger partial charge in [-0.15, -0.1) is 0 Å². The van der Waals surface area contributed by atoms with Crippen LogP contribution >= 0.6 is 11.6 Å². The molecule has 3 aromatic carbocycles. The monoisotopic (exact) mass is 873 g/mol. The maximum Gasteiger partial charge on any atom is 0.354 e. The van der Waals surface area contributed by atoms with Crippen molar-refractivity contribution < 1.29 is 33.3 Å². The highest BCUT2D eigenvalue weighted by Gasteiger charge is 2.46. The number of hydrogen-bond acceptors (Lipinski definition) is 8. The van der Waals surface area contributed by atoms with Crippen molar-refractivity contribution in [3.8, 4) is 16.9 Å². The van der Waals surface area contributed by atoms with Crippen LogP contribution in [0.25, 0.3) is 32.8 Å². The number of nitrogens with zero attached hydrogens (tertiary/aromatic N) is 5. The Morgan fingerprint density at radius 2 is 1.62 bits per heavy atom. The van der Waals surface area contributed by atoms with Gasteiger partial charge in [-0.25, -0.2) is 9.18 Å². The molecule has 0 radical (unpaired) electrons. The third kappa shape index (κ3) is 8.90. The number of aliphatic hydroxyl groups is 1. The van der Waals surface area contributed by atoms with Gasteiger partial charge in [-0.05, 0) is 109 Å². The number of aliphatic hydroxyl groups excluding tert-OH is 1. The van der Waals surface area contributed by atoms with E-state index in [1.165, 1.54) is 19.2 Å². The van der Waals surface area contributed by atoms with E-state index in [9.17, 15) is 19.4 Å². The van der Waals surface area contributed by atoms with Crippen molar-refractivity contribution in [1.82, 2.24) is 24.1 Å². The summed E-state index contributed by atoms with van der Waals surface area (Å²) in [4.78, 5) is 13.3. The van der Waals surface area contributed by atoms with E-state index in [1.54, 1.807) is 12.1 Å². The molecule has 0 spiro atoms. The molecule has 11 nitrogen and oxygen atoms in total. The molecule has 0 bridgehead atoms. The number of ether oxygens (including phenoxy) is 2. The molecule has 1 unspecified atom stereocenters. The number of halogens is 2. The Balaban J connectivity index is 1.41. The molecule has 0 amide bonds. The van der Waals surface area contributed by atoms with Crippen LogP contribution in [0.2, 0.25) is 21.6 Å². The van der Waals surface area contributed by atoms with Crippen molar-refractivity contribution in [3.05, 3.63) is 99.0 Å². The molecule has 61 heavy (non-hydrogen) atoms. The minimum atomic E-state index is -2.38. The van der Waals surface area contributed by atoms with Crippen LogP contribution in [-0.4, -0.2) is 69.0 Å². The van der Waals surface area contributed by atoms with Crippen LogP contribution in [0, 0.1) is 19.7 Å². The van der Waals surface area contributed by atoms with Crippen LogP contribution in [0.1, 0.15) is 98.5 Å². The summed E-state index contributed by atoms with van der Waals surface area (Å²) >= 11 is 7.22. The van der Waals surface area contributed by atoms with Gasteiger partial charge in [0.1, 0.15) is 29.1 Å². The van der Waals surface area contributed by atoms with Crippen molar-refractivity contribution >= 4 is 47.6 Å². The number of fused-ring (bicyclic) bond motifs is 2. The lowest BCUT2D eigenvalue weighted by molar-refractivity contribution is -0.000493. The number of phenols is 1. The van der Waals surface area contributed by atoms with Crippen LogP contribution in [0.4, 0.5) is 4.39 Å². The summed E-state index contributed by atoms with van der Waals surface area (Å²) < 4.78 is 39.1. The van der Waals surface area contributed by atoms with Crippen molar-refractivity contribution in [2.24, 2.45) is 14.1 Å². The average molecular weight is 875 g/mol. The van der Waals surface area contributed by atoms with Crippen LogP contribution in [0.5, 0.6) is 5.75 Å². The molecule has 328 valence electrons. The fraction of sp³-hybridized carbons (Fsp3) is 0.468. The number of carbonyl (C=O) groups is 1. The maximum absolute atomic E-state index is 14.0. The highest BCUT2D eigenvalue weighted by Crippen LogP contribution is 2.46. The van der Waals surface area contributed by atoms with E-state index >= 15 is 0 Å². The first-order valence-corrected chi connectivity index (χ1v) is 23.7. The zero-order valence-electron chi connectivity index (χ0n) is 37.4. The predicted molar refractivity (Wildman–Crippen MR) is 242 cm³/mol. The lowest BCUT2D eigenvalue weighted by atomic mass is 9.95. The standard InChI is InChI=1S/C47H61ClFN5O6Si/c1-27(2)61(28(3)4,29(5)6)60-26-41(59-25-35-24-36(53(10)50-35)15-13-32-21-33-23-34(49)14-16-37(33)40(56)22-32)45-43(31(8)52(9)51-45)44-38(48)17-18-39-42(44)30(7)46(47(57)58-11)54(39)19-12-20-55/h14,16-18,21-24,27-29,41,55-56H,12-13,15,19-20,25-26H2,1-11H3. The first-order valence-electron chi connectivity index (χ1n) is 21.2. The number of carbonyl (C=O) groups excluding carboxylic acids is 1. The third-order valence-corrected chi connectivity index (χ3v) is 18.9. The van der Waals surface area contributed by atoms with Gasteiger partial charge < -0.3 is 28.7 Å². The molecule has 0 fully saturated rings. The molecule has 0 aliphatic heterocycles. The first-order chi connectivity index (χ1) is 28.9. The van der Waals surface area contributed by atoms with E-state index in [-0.39, 0.29) is 31.4 Å². The van der Waals surface area contributed by atoms with Gasteiger partial charge in [0.05, 0.1) is 26.0 Å². The number of methoxy groups -OCH3 is 1. The summed E-state index contributed by atoms with van der Waals surface area (Å²) in [6.45, 7) is 18.3. The Morgan fingerprint density at radius 1 is 0.918 bits per heavy atom. The number of esters is 1. The topological polar surface area (TPSA) is 126 Å². The van der Waals surface area contributed by atoms with E-state index < -0.39 is 20.4 Å². The molecular weight excluding hydrogens is 813 g/mol. The summed E-state index contributed by atoms with van der Waals surface area (Å²) in [5, 5.41) is 33.0. The molecule has 0 aliphatic carbocycles. The molecular formula is C47H61ClFN5O6Si. The van der Waals surface area contributed by atoms with Crippen LogP contribution < -0.4 is 0 Å². The predicted octanol–water partition coefficient (Wildman–Crippen LogP) is 10.4. The van der Waals surface area contributed by atoms with Crippen molar-refractivity contribution in [2.45, 2.75) is 111 Å². The Morgan fingerprint density at radius 3 is 2.28 bits per heavy atom. The Bertz CT molecular complexity index is 2520. The second-order valence-electron chi connectivity index (χ2n) is 17.1. The minimum absolute atomic E-state index is 0.0341. The molecule has 0 saturated carbocycles. The van der Waals surface area contributed by atoms with Gasteiger partial charge in [-0.3, -0.25) is 9.36 Å². The number of aromatic nitrogens is 5. The first kappa shape index (κ1) is 46.0. The third-order valence-electron chi connectivity index (χ3n) is 12.5. The average Bonchev–Trinajstić information content (AvgIpc) is 3.81. The smallest absolute Gasteiger partial charge is 0.354 e. The molecule has 3 heterocycles. The molecule has 2 N–H and O–H groups in total. The highest BCUT2D eigenvalue weighted by molar-refractivity contribution is 6.77. The van der Waals surface area contributed by atoms with Gasteiger partial charge in [-0.2, -0.15) is 10.2 Å². The number of aromatic hydroxyl groups is 1. The largest absolute Gasteiger partial charge is 0.507 e. The maximum atomic E-state index is 14.0. The zero-order chi connectivity index (χ0) is 44.5. The SMILES string of the molecule is COC(=O)c1c(C)c2c(-c3c(C(CO[Si](C(C)C)(C(C)C)C(C)C)OCc4cc(CCc5cc(O)c6ccc(F)cc6c5)n(C)n4)nn(C)c3C)c(Cl)ccc2n1CCCO. The molecule has 6 aromatic rings. The second kappa shape index (κ2) is 18.8. The number of rotatable bonds is 18. The molecule has 0 aliphatic rings. The van der Waals surface area contributed by atoms with Crippen LogP contribution in [-0.2, 0) is 54.0 Å². The van der Waals surface area contributed by atoms with E-state index in [1.807, 2.05) is 66.1 Å². The number of benzene rings is 3. The summed E-state index contributed by atoms with van der Waals surface area (Å²) in [5.41, 5.74) is 8.61. The molecule has 1 atom stereocenters. The van der Waals surface area contributed by atoms with E-state index in [0.717, 1.165) is 50.2 Å². The Labute approximate surface area is 364 Å². The summed E-state index contributed by atoms with van der Waals surface area (Å²) in [7, 11) is 2.80. The Hall–Kier alpha value is -4.53. The molecule has 3 aromatic heterocycles. The quantitative estimate of drug-likeness (QED) is 0.0646. The number of aryl methyl sites for hydroxylation is 6. The fourth-order valence-electron chi connectivity index (χ4n) is 9.63. The summed E-state index contributed by atoms with van der Waals surface area (Å²) in [6, 6.07) is 13.8. The van der Waals surface area contributed by atoms with E-state index in [0.29, 0.717) is 69.6 Å². The van der Waals surface area contributed by atoms with Crippen LogP contribution in [0.15, 0.2) is 48.5 Å².